The van der Waals surface area contributed by atoms with Crippen molar-refractivity contribution in [1.29, 1.82) is 5.41 Å². The zero-order valence-corrected chi connectivity index (χ0v) is 15.3. The minimum Gasteiger partial charge on any atom is -0.490 e. The molecular weight excluding hydrogens is 326 g/mol. The van der Waals surface area contributed by atoms with E-state index in [2.05, 4.69) is 36.2 Å². The van der Waals surface area contributed by atoms with Crippen LogP contribution in [0.3, 0.4) is 0 Å². The molecule has 0 radical (unpaired) electrons. The molecule has 1 saturated heterocycles. The third-order valence-electron chi connectivity index (χ3n) is 5.05. The predicted molar refractivity (Wildman–Crippen MR) is 104 cm³/mol. The minimum absolute atomic E-state index is 0.0272. The van der Waals surface area contributed by atoms with Crippen LogP contribution in [0.1, 0.15) is 25.3 Å². The van der Waals surface area contributed by atoms with E-state index >= 15 is 0 Å². The molecule has 0 unspecified atom stereocenters. The number of ether oxygens (including phenoxy) is 1. The van der Waals surface area contributed by atoms with Gasteiger partial charge in [0.25, 0.3) is 0 Å². The summed E-state index contributed by atoms with van der Waals surface area (Å²) in [6.07, 6.45) is 9.37. The number of hydrogen-bond acceptors (Lipinski definition) is 3. The molecule has 2 aliphatic rings. The van der Waals surface area contributed by atoms with Crippen molar-refractivity contribution in [3.05, 3.63) is 60.7 Å². The van der Waals surface area contributed by atoms with Crippen LogP contribution in [0, 0.1) is 11.3 Å². The fraction of sp³-hybridized carbons (Fsp3) is 0.333. The molecule has 2 atom stereocenters. The molecule has 0 bridgehead atoms. The molecule has 1 fully saturated rings. The number of allylic oxidation sites excluding steroid dienone is 3. The number of guanidine groups is 1. The van der Waals surface area contributed by atoms with Gasteiger partial charge in [-0.2, -0.15) is 0 Å². The molecule has 136 valence electrons. The van der Waals surface area contributed by atoms with Crippen LogP contribution in [-0.4, -0.2) is 36.0 Å². The third kappa shape index (κ3) is 3.57. The first kappa shape index (κ1) is 18.0. The summed E-state index contributed by atoms with van der Waals surface area (Å²) in [6.45, 7) is 6.17. The van der Waals surface area contributed by atoms with Crippen molar-refractivity contribution in [2.45, 2.75) is 25.3 Å². The summed E-state index contributed by atoms with van der Waals surface area (Å²) in [7, 11) is 1.63. The summed E-state index contributed by atoms with van der Waals surface area (Å²) >= 11 is 0. The Kier molecular flexibility index (Phi) is 4.98. The van der Waals surface area contributed by atoms with Crippen molar-refractivity contribution < 1.29 is 9.53 Å². The Hall–Kier alpha value is -2.82. The summed E-state index contributed by atoms with van der Waals surface area (Å²) < 4.78 is 5.63. The second-order valence-electron chi connectivity index (χ2n) is 7.01. The fourth-order valence-corrected chi connectivity index (χ4v) is 3.42. The normalized spacial score (nSPS) is 25.5. The van der Waals surface area contributed by atoms with Gasteiger partial charge >= 0.3 is 0 Å². The van der Waals surface area contributed by atoms with E-state index < -0.39 is 5.54 Å². The van der Waals surface area contributed by atoms with Crippen molar-refractivity contribution in [2.75, 3.05) is 13.7 Å². The van der Waals surface area contributed by atoms with E-state index in [0.717, 1.165) is 23.3 Å². The molecule has 1 aliphatic heterocycles. The van der Waals surface area contributed by atoms with Crippen molar-refractivity contribution in [2.24, 2.45) is 5.92 Å². The number of rotatable bonds is 5. The first-order chi connectivity index (χ1) is 12.4. The highest BCUT2D eigenvalue weighted by Crippen LogP contribution is 2.35. The lowest BCUT2D eigenvalue weighted by atomic mass is 9.76. The lowest BCUT2D eigenvalue weighted by Gasteiger charge is -2.44. The van der Waals surface area contributed by atoms with Gasteiger partial charge in [0.2, 0.25) is 5.91 Å². The zero-order chi connectivity index (χ0) is 18.7. The van der Waals surface area contributed by atoms with Crippen molar-refractivity contribution in [3.63, 3.8) is 0 Å². The van der Waals surface area contributed by atoms with Crippen LogP contribution in [0.2, 0.25) is 0 Å². The number of nitrogens with one attached hydrogen (secondary N) is 2. The first-order valence-corrected chi connectivity index (χ1v) is 8.79. The number of benzene rings is 1. The summed E-state index contributed by atoms with van der Waals surface area (Å²) in [5, 5.41) is 11.3. The maximum atomic E-state index is 12.2. The van der Waals surface area contributed by atoms with E-state index in [0.29, 0.717) is 13.0 Å². The van der Waals surface area contributed by atoms with Gasteiger partial charge in [-0.3, -0.25) is 15.1 Å². The summed E-state index contributed by atoms with van der Waals surface area (Å²) in [6, 6.07) is 7.97. The molecule has 1 aromatic carbocycles. The Bertz CT molecular complexity index is 776. The minimum atomic E-state index is -0.465. The molecule has 26 heavy (non-hydrogen) atoms. The van der Waals surface area contributed by atoms with E-state index in [1.165, 1.54) is 4.90 Å². The predicted octanol–water partition coefficient (Wildman–Crippen LogP) is 3.36. The molecule has 0 saturated carbocycles. The molecule has 0 aromatic heterocycles. The van der Waals surface area contributed by atoms with Crippen molar-refractivity contribution >= 4 is 17.4 Å². The van der Waals surface area contributed by atoms with Crippen LogP contribution in [0.25, 0.3) is 5.57 Å². The Labute approximate surface area is 154 Å². The highest BCUT2D eigenvalue weighted by atomic mass is 16.5. The van der Waals surface area contributed by atoms with Gasteiger partial charge in [0.05, 0.1) is 12.0 Å². The summed E-state index contributed by atoms with van der Waals surface area (Å²) in [5.74, 6) is 1.06. The molecule has 1 heterocycles. The van der Waals surface area contributed by atoms with Crippen LogP contribution in [0.15, 0.2) is 55.1 Å². The molecule has 1 aliphatic carbocycles. The van der Waals surface area contributed by atoms with Gasteiger partial charge in [0.1, 0.15) is 12.4 Å². The third-order valence-corrected chi connectivity index (χ3v) is 5.05. The topological polar surface area (TPSA) is 65.4 Å². The first-order valence-electron chi connectivity index (χ1n) is 8.79. The number of nitrogens with zero attached hydrogens (tertiary/aromatic N) is 1. The van der Waals surface area contributed by atoms with Crippen LogP contribution in [0.5, 0.6) is 5.75 Å². The number of hydrogen-bond donors (Lipinski definition) is 2. The van der Waals surface area contributed by atoms with Crippen molar-refractivity contribution in [1.82, 2.24) is 10.2 Å². The molecule has 5 nitrogen and oxygen atoms in total. The number of amides is 1. The van der Waals surface area contributed by atoms with Gasteiger partial charge in [0, 0.05) is 13.0 Å². The SMILES string of the molecule is C=CCOc1cccc(C2=C[C@H]([C@]3(C)CC(=O)N(C)C(=N)N3)CC=C2)c1. The average molecular weight is 351 g/mol. The van der Waals surface area contributed by atoms with E-state index in [-0.39, 0.29) is 17.8 Å². The summed E-state index contributed by atoms with van der Waals surface area (Å²) in [4.78, 5) is 13.6. The highest BCUT2D eigenvalue weighted by molar-refractivity contribution is 5.98. The van der Waals surface area contributed by atoms with E-state index in [1.807, 2.05) is 25.1 Å². The molecule has 1 aromatic rings. The lowest BCUT2D eigenvalue weighted by molar-refractivity contribution is -0.129. The second kappa shape index (κ2) is 7.20. The van der Waals surface area contributed by atoms with Gasteiger partial charge in [-0.05, 0) is 36.6 Å². The zero-order valence-electron chi connectivity index (χ0n) is 15.3. The quantitative estimate of drug-likeness (QED) is 0.800. The maximum Gasteiger partial charge on any atom is 0.231 e. The Morgan fingerprint density at radius 2 is 2.31 bits per heavy atom. The molecule has 5 heteroatoms. The Morgan fingerprint density at radius 1 is 1.50 bits per heavy atom. The van der Waals surface area contributed by atoms with E-state index in [1.54, 1.807) is 13.1 Å². The Balaban J connectivity index is 1.85. The molecule has 3 rings (SSSR count). The maximum absolute atomic E-state index is 12.2. The molecule has 2 N–H and O–H groups in total. The standard InChI is InChI=1S/C21H25N3O2/c1-4-11-26-18-10-6-8-16(13-18)15-7-5-9-17(12-15)21(2)14-19(25)24(3)20(22)23-21/h4-8,10,12-13,17H,1,9,11,14H2,2-3H3,(H2,22,23)/t17-,21+/m1/s1. The number of carbonyl (C=O) groups excluding carboxylic acids is 1. The average Bonchev–Trinajstić information content (AvgIpc) is 2.65. The Morgan fingerprint density at radius 3 is 3.04 bits per heavy atom. The monoisotopic (exact) mass is 351 g/mol. The van der Waals surface area contributed by atoms with Crippen LogP contribution in [-0.2, 0) is 4.79 Å². The van der Waals surface area contributed by atoms with Crippen LogP contribution >= 0.6 is 0 Å². The van der Waals surface area contributed by atoms with Gasteiger partial charge in [0.15, 0.2) is 5.96 Å². The van der Waals surface area contributed by atoms with E-state index in [4.69, 9.17) is 10.1 Å². The smallest absolute Gasteiger partial charge is 0.231 e. The summed E-state index contributed by atoms with van der Waals surface area (Å²) in [5.41, 5.74) is 1.71. The number of carbonyl (C=O) groups is 1. The van der Waals surface area contributed by atoms with E-state index in [9.17, 15) is 4.79 Å². The van der Waals surface area contributed by atoms with Gasteiger partial charge in [-0.25, -0.2) is 0 Å². The largest absolute Gasteiger partial charge is 0.490 e. The van der Waals surface area contributed by atoms with Crippen molar-refractivity contribution in [3.8, 4) is 5.75 Å². The fourth-order valence-electron chi connectivity index (χ4n) is 3.42. The highest BCUT2D eigenvalue weighted by Gasteiger charge is 2.41. The van der Waals surface area contributed by atoms with Gasteiger partial charge < -0.3 is 10.1 Å². The second-order valence-corrected chi connectivity index (χ2v) is 7.01. The molecular formula is C21H25N3O2. The lowest BCUT2D eigenvalue weighted by Crippen LogP contribution is -2.62. The molecule has 1 amide bonds. The van der Waals surface area contributed by atoms with Gasteiger partial charge in [-0.1, -0.05) is 43.0 Å². The molecule has 0 spiro atoms. The van der Waals surface area contributed by atoms with Gasteiger partial charge in [-0.15, -0.1) is 0 Å². The van der Waals surface area contributed by atoms with Crippen LogP contribution < -0.4 is 10.1 Å². The van der Waals surface area contributed by atoms with Crippen LogP contribution in [0.4, 0.5) is 0 Å².